The SMILES string of the molecule is CCSc1ccccc1C(=O)N(CCN1CCOCC1)c1nc2c(C)ccc(Cl)c2s1.Cl. The number of anilines is 1. The molecule has 3 aromatic rings. The first-order chi connectivity index (χ1) is 15.1. The highest BCUT2D eigenvalue weighted by atomic mass is 35.5. The first kappa shape index (κ1) is 25.3. The molecule has 0 N–H and O–H groups in total. The van der Waals surface area contributed by atoms with Gasteiger partial charge < -0.3 is 4.74 Å². The molecule has 2 heterocycles. The van der Waals surface area contributed by atoms with Crippen LogP contribution >= 0.6 is 47.1 Å². The zero-order chi connectivity index (χ0) is 21.8. The Kier molecular flexibility index (Phi) is 9.22. The van der Waals surface area contributed by atoms with Crippen LogP contribution in [0.15, 0.2) is 41.3 Å². The summed E-state index contributed by atoms with van der Waals surface area (Å²) in [5.74, 6) is 0.895. The van der Waals surface area contributed by atoms with E-state index < -0.39 is 0 Å². The number of aryl methyl sites for hydroxylation is 1. The van der Waals surface area contributed by atoms with E-state index in [0.717, 1.165) is 64.8 Å². The van der Waals surface area contributed by atoms with Crippen molar-refractivity contribution in [1.29, 1.82) is 0 Å². The van der Waals surface area contributed by atoms with E-state index in [4.69, 9.17) is 21.3 Å². The number of nitrogens with zero attached hydrogens (tertiary/aromatic N) is 3. The number of hydrogen-bond donors (Lipinski definition) is 0. The third-order valence-electron chi connectivity index (χ3n) is 5.32. The molecule has 1 aliphatic heterocycles. The summed E-state index contributed by atoms with van der Waals surface area (Å²) in [5.41, 5.74) is 2.65. The average Bonchev–Trinajstić information content (AvgIpc) is 3.24. The molecule has 1 saturated heterocycles. The van der Waals surface area contributed by atoms with Crippen molar-refractivity contribution in [3.63, 3.8) is 0 Å². The predicted molar refractivity (Wildman–Crippen MR) is 138 cm³/mol. The van der Waals surface area contributed by atoms with Crippen molar-refractivity contribution >= 4 is 68.4 Å². The lowest BCUT2D eigenvalue weighted by molar-refractivity contribution is 0.0391. The second-order valence-corrected chi connectivity index (χ2v) is 10.1. The number of halogens is 2. The van der Waals surface area contributed by atoms with Crippen molar-refractivity contribution < 1.29 is 9.53 Å². The van der Waals surface area contributed by atoms with Gasteiger partial charge in [0, 0.05) is 31.1 Å². The van der Waals surface area contributed by atoms with Crippen LogP contribution in [0.5, 0.6) is 0 Å². The van der Waals surface area contributed by atoms with Crippen molar-refractivity contribution in [2.24, 2.45) is 0 Å². The normalized spacial score (nSPS) is 14.3. The third kappa shape index (κ3) is 5.58. The van der Waals surface area contributed by atoms with E-state index in [0.29, 0.717) is 16.7 Å². The van der Waals surface area contributed by atoms with Gasteiger partial charge in [-0.15, -0.1) is 24.2 Å². The molecular formula is C23H27Cl2N3O2S2. The molecule has 32 heavy (non-hydrogen) atoms. The smallest absolute Gasteiger partial charge is 0.261 e. The third-order valence-corrected chi connectivity index (χ3v) is 7.82. The first-order valence-corrected chi connectivity index (χ1v) is 12.7. The number of thiazole rings is 1. The van der Waals surface area contributed by atoms with Gasteiger partial charge in [0.2, 0.25) is 0 Å². The van der Waals surface area contributed by atoms with E-state index in [-0.39, 0.29) is 18.3 Å². The lowest BCUT2D eigenvalue weighted by Crippen LogP contribution is -2.43. The summed E-state index contributed by atoms with van der Waals surface area (Å²) < 4.78 is 6.39. The number of rotatable bonds is 7. The van der Waals surface area contributed by atoms with E-state index >= 15 is 0 Å². The lowest BCUT2D eigenvalue weighted by atomic mass is 10.2. The minimum absolute atomic E-state index is 0. The molecule has 5 nitrogen and oxygen atoms in total. The number of hydrogen-bond acceptors (Lipinski definition) is 6. The number of thioether (sulfide) groups is 1. The summed E-state index contributed by atoms with van der Waals surface area (Å²) >= 11 is 9.62. The molecular weight excluding hydrogens is 485 g/mol. The molecule has 1 amide bonds. The molecule has 0 bridgehead atoms. The van der Waals surface area contributed by atoms with E-state index in [2.05, 4.69) is 11.8 Å². The van der Waals surface area contributed by atoms with Crippen LogP contribution in [0.1, 0.15) is 22.8 Å². The van der Waals surface area contributed by atoms with Crippen molar-refractivity contribution in [1.82, 2.24) is 9.88 Å². The van der Waals surface area contributed by atoms with Gasteiger partial charge in [-0.05, 0) is 36.4 Å². The zero-order valence-electron chi connectivity index (χ0n) is 18.2. The number of benzene rings is 2. The number of carbonyl (C=O) groups is 1. The summed E-state index contributed by atoms with van der Waals surface area (Å²) in [6.07, 6.45) is 0. The Bertz CT molecular complexity index is 1030. The number of fused-ring (bicyclic) bond motifs is 1. The molecule has 0 saturated carbocycles. The molecule has 0 atom stereocenters. The van der Waals surface area contributed by atoms with Crippen LogP contribution in [0.3, 0.4) is 0 Å². The van der Waals surface area contributed by atoms with Crippen LogP contribution in [0.25, 0.3) is 10.2 Å². The maximum absolute atomic E-state index is 13.8. The molecule has 172 valence electrons. The molecule has 0 spiro atoms. The van der Waals surface area contributed by atoms with Gasteiger partial charge in [-0.2, -0.15) is 0 Å². The predicted octanol–water partition coefficient (Wildman–Crippen LogP) is 5.77. The summed E-state index contributed by atoms with van der Waals surface area (Å²) in [6, 6.07) is 11.7. The highest BCUT2D eigenvalue weighted by molar-refractivity contribution is 7.99. The monoisotopic (exact) mass is 511 g/mol. The van der Waals surface area contributed by atoms with E-state index in [1.54, 1.807) is 11.8 Å². The van der Waals surface area contributed by atoms with Crippen LogP contribution in [-0.2, 0) is 4.74 Å². The van der Waals surface area contributed by atoms with Gasteiger partial charge in [-0.1, -0.05) is 48.1 Å². The van der Waals surface area contributed by atoms with E-state index in [9.17, 15) is 4.79 Å². The number of amides is 1. The summed E-state index contributed by atoms with van der Waals surface area (Å²) in [5, 5.41) is 1.37. The van der Waals surface area contributed by atoms with Crippen LogP contribution in [0.4, 0.5) is 5.13 Å². The zero-order valence-corrected chi connectivity index (χ0v) is 21.4. The second-order valence-electron chi connectivity index (χ2n) is 7.38. The average molecular weight is 513 g/mol. The Morgan fingerprint density at radius 3 is 2.72 bits per heavy atom. The fourth-order valence-corrected chi connectivity index (χ4v) is 5.76. The van der Waals surface area contributed by atoms with E-state index in [1.807, 2.05) is 48.2 Å². The van der Waals surface area contributed by atoms with Gasteiger partial charge >= 0.3 is 0 Å². The number of morpholine rings is 1. The van der Waals surface area contributed by atoms with Gasteiger partial charge in [-0.25, -0.2) is 4.98 Å². The summed E-state index contributed by atoms with van der Waals surface area (Å²) in [4.78, 5) is 23.8. The number of aromatic nitrogens is 1. The Balaban J connectivity index is 0.00000289. The van der Waals surface area contributed by atoms with Crippen molar-refractivity contribution in [2.45, 2.75) is 18.7 Å². The van der Waals surface area contributed by atoms with Gasteiger partial charge in [0.15, 0.2) is 5.13 Å². The van der Waals surface area contributed by atoms with Crippen LogP contribution in [-0.4, -0.2) is 60.9 Å². The van der Waals surface area contributed by atoms with Gasteiger partial charge in [-0.3, -0.25) is 14.6 Å². The second kappa shape index (κ2) is 11.7. The number of ether oxygens (including phenoxy) is 1. The summed E-state index contributed by atoms with van der Waals surface area (Å²) in [7, 11) is 0. The summed E-state index contributed by atoms with van der Waals surface area (Å²) in [6.45, 7) is 8.71. The highest BCUT2D eigenvalue weighted by Crippen LogP contribution is 2.36. The number of carbonyl (C=O) groups excluding carboxylic acids is 1. The van der Waals surface area contributed by atoms with Crippen LogP contribution < -0.4 is 4.90 Å². The van der Waals surface area contributed by atoms with Gasteiger partial charge in [0.25, 0.3) is 5.91 Å². The van der Waals surface area contributed by atoms with Crippen LogP contribution in [0, 0.1) is 6.92 Å². The Morgan fingerprint density at radius 1 is 1.25 bits per heavy atom. The Hall–Kier alpha value is -1.35. The van der Waals surface area contributed by atoms with Crippen molar-refractivity contribution in [3.8, 4) is 0 Å². The molecule has 1 aliphatic rings. The lowest BCUT2D eigenvalue weighted by Gasteiger charge is -2.29. The fourth-order valence-electron chi connectivity index (χ4n) is 3.63. The molecule has 0 unspecified atom stereocenters. The van der Waals surface area contributed by atoms with Crippen molar-refractivity contribution in [3.05, 3.63) is 52.5 Å². The van der Waals surface area contributed by atoms with Crippen molar-refractivity contribution in [2.75, 3.05) is 50.0 Å². The maximum Gasteiger partial charge on any atom is 0.261 e. The topological polar surface area (TPSA) is 45.7 Å². The van der Waals surface area contributed by atoms with Gasteiger partial charge in [0.1, 0.15) is 0 Å². The molecule has 9 heteroatoms. The Morgan fingerprint density at radius 2 is 2.00 bits per heavy atom. The van der Waals surface area contributed by atoms with Crippen LogP contribution in [0.2, 0.25) is 5.02 Å². The van der Waals surface area contributed by atoms with Gasteiger partial charge in [0.05, 0.1) is 34.0 Å². The molecule has 4 rings (SSSR count). The molecule has 2 aromatic carbocycles. The minimum Gasteiger partial charge on any atom is -0.379 e. The standard InChI is InChI=1S/C23H26ClN3O2S2.ClH/c1-3-30-19-7-5-4-6-17(19)22(28)27(11-10-26-12-14-29-15-13-26)23-25-20-16(2)8-9-18(24)21(20)31-23;/h4-9H,3,10-15H2,1-2H3;1H. The van der Waals surface area contributed by atoms with E-state index in [1.165, 1.54) is 11.3 Å². The minimum atomic E-state index is -0.0161. The molecule has 1 fully saturated rings. The maximum atomic E-state index is 13.8. The first-order valence-electron chi connectivity index (χ1n) is 10.5. The largest absolute Gasteiger partial charge is 0.379 e. The fraction of sp³-hybridized carbons (Fsp3) is 0.391. The molecule has 0 radical (unpaired) electrons. The molecule has 1 aromatic heterocycles. The molecule has 0 aliphatic carbocycles. The quantitative estimate of drug-likeness (QED) is 0.376. The highest BCUT2D eigenvalue weighted by Gasteiger charge is 2.25. The Labute approximate surface area is 208 Å².